The van der Waals surface area contributed by atoms with E-state index in [0.717, 1.165) is 5.56 Å². The third-order valence-electron chi connectivity index (χ3n) is 5.98. The molecule has 2 unspecified atom stereocenters. The summed E-state index contributed by atoms with van der Waals surface area (Å²) in [5, 5.41) is 60.9. The second-order valence-electron chi connectivity index (χ2n) is 8.42. The number of hydrogen-bond donors (Lipinski definition) is 6. The molecule has 0 aliphatic carbocycles. The van der Waals surface area contributed by atoms with Gasteiger partial charge in [0.25, 0.3) is 0 Å². The van der Waals surface area contributed by atoms with Gasteiger partial charge in [-0.1, -0.05) is 24.3 Å². The second-order valence-corrected chi connectivity index (χ2v) is 8.42. The summed E-state index contributed by atoms with van der Waals surface area (Å²) in [7, 11) is 0. The van der Waals surface area contributed by atoms with Crippen LogP contribution in [-0.2, 0) is 0 Å². The molecule has 35 heavy (non-hydrogen) atoms. The predicted molar refractivity (Wildman–Crippen MR) is 130 cm³/mol. The zero-order valence-corrected chi connectivity index (χ0v) is 18.3. The van der Waals surface area contributed by atoms with E-state index in [1.807, 2.05) is 6.08 Å². The van der Waals surface area contributed by atoms with Crippen molar-refractivity contribution in [3.05, 3.63) is 101 Å². The Balaban J connectivity index is 1.61. The van der Waals surface area contributed by atoms with Crippen molar-refractivity contribution in [3.63, 3.8) is 0 Å². The first-order valence-electron chi connectivity index (χ1n) is 10.8. The highest BCUT2D eigenvalue weighted by atomic mass is 16.5. The summed E-state index contributed by atoms with van der Waals surface area (Å²) in [6.45, 7) is 0. The molecule has 4 aromatic carbocycles. The molecule has 0 aromatic heterocycles. The van der Waals surface area contributed by atoms with Crippen LogP contribution in [0.15, 0.2) is 72.8 Å². The van der Waals surface area contributed by atoms with Crippen molar-refractivity contribution in [3.8, 4) is 40.2 Å². The van der Waals surface area contributed by atoms with Crippen molar-refractivity contribution in [1.82, 2.24) is 0 Å². The van der Waals surface area contributed by atoms with Gasteiger partial charge in [-0.05, 0) is 65.2 Å². The van der Waals surface area contributed by atoms with E-state index in [4.69, 9.17) is 4.74 Å². The molecule has 5 rings (SSSR count). The lowest BCUT2D eigenvalue weighted by molar-refractivity contribution is 0.217. The Hall–Kier alpha value is -4.78. The number of benzene rings is 4. The van der Waals surface area contributed by atoms with Crippen molar-refractivity contribution in [1.29, 1.82) is 0 Å². The summed E-state index contributed by atoms with van der Waals surface area (Å²) in [5.74, 6) is -0.805. The molecule has 7 heteroatoms. The Morgan fingerprint density at radius 2 is 1.23 bits per heavy atom. The number of ether oxygens (including phenoxy) is 1. The maximum absolute atomic E-state index is 11.0. The molecule has 0 fully saturated rings. The van der Waals surface area contributed by atoms with Gasteiger partial charge in [0.2, 0.25) is 0 Å². The fourth-order valence-electron chi connectivity index (χ4n) is 4.43. The topological polar surface area (TPSA) is 131 Å². The van der Waals surface area contributed by atoms with Crippen molar-refractivity contribution >= 4 is 12.2 Å². The lowest BCUT2D eigenvalue weighted by Crippen LogP contribution is -2.11. The average Bonchev–Trinajstić information content (AvgIpc) is 3.18. The Bertz CT molecular complexity index is 1420. The van der Waals surface area contributed by atoms with Crippen LogP contribution in [0.25, 0.3) is 12.2 Å². The SMILES string of the molecule is Oc1ccc(/C=C/c2cc(O)c3c(c2)OC(c2ccc(O)cc2O)C3c2cc(O)cc(O)c2)cc1. The smallest absolute Gasteiger partial charge is 0.138 e. The molecular formula is C28H22O7. The lowest BCUT2D eigenvalue weighted by atomic mass is 9.84. The Labute approximate surface area is 200 Å². The van der Waals surface area contributed by atoms with E-state index < -0.39 is 12.0 Å². The first-order chi connectivity index (χ1) is 16.8. The van der Waals surface area contributed by atoms with E-state index in [1.54, 1.807) is 42.5 Å². The quantitative estimate of drug-likeness (QED) is 0.222. The maximum Gasteiger partial charge on any atom is 0.138 e. The minimum Gasteiger partial charge on any atom is -0.508 e. The minimum atomic E-state index is -0.811. The molecule has 2 atom stereocenters. The van der Waals surface area contributed by atoms with Gasteiger partial charge in [-0.3, -0.25) is 0 Å². The van der Waals surface area contributed by atoms with Gasteiger partial charge >= 0.3 is 0 Å². The van der Waals surface area contributed by atoms with Gasteiger partial charge < -0.3 is 35.4 Å². The van der Waals surface area contributed by atoms with Gasteiger partial charge in [-0.15, -0.1) is 0 Å². The molecule has 176 valence electrons. The number of phenols is 6. The van der Waals surface area contributed by atoms with Crippen LogP contribution < -0.4 is 4.74 Å². The summed E-state index contributed by atoms with van der Waals surface area (Å²) >= 11 is 0. The van der Waals surface area contributed by atoms with Crippen LogP contribution in [0, 0.1) is 0 Å². The zero-order valence-electron chi connectivity index (χ0n) is 18.3. The van der Waals surface area contributed by atoms with Gasteiger partial charge in [-0.2, -0.15) is 0 Å². The van der Waals surface area contributed by atoms with Crippen LogP contribution in [0.2, 0.25) is 0 Å². The van der Waals surface area contributed by atoms with Crippen LogP contribution in [0.5, 0.6) is 40.2 Å². The van der Waals surface area contributed by atoms with Crippen molar-refractivity contribution in [2.75, 3.05) is 0 Å². The summed E-state index contributed by atoms with van der Waals surface area (Å²) in [6.07, 6.45) is 2.80. The Morgan fingerprint density at radius 1 is 0.571 bits per heavy atom. The van der Waals surface area contributed by atoms with E-state index in [9.17, 15) is 30.6 Å². The van der Waals surface area contributed by atoms with Crippen LogP contribution >= 0.6 is 0 Å². The van der Waals surface area contributed by atoms with E-state index in [-0.39, 0.29) is 34.5 Å². The van der Waals surface area contributed by atoms with Gasteiger partial charge in [0.05, 0.1) is 5.92 Å². The summed E-state index contributed by atoms with van der Waals surface area (Å²) in [4.78, 5) is 0. The monoisotopic (exact) mass is 470 g/mol. The fraction of sp³-hybridized carbons (Fsp3) is 0.0714. The van der Waals surface area contributed by atoms with Crippen molar-refractivity contribution in [2.45, 2.75) is 12.0 Å². The maximum atomic E-state index is 11.0. The van der Waals surface area contributed by atoms with E-state index in [1.165, 1.54) is 36.4 Å². The average molecular weight is 470 g/mol. The zero-order chi connectivity index (χ0) is 24.7. The molecule has 4 aromatic rings. The van der Waals surface area contributed by atoms with E-state index >= 15 is 0 Å². The van der Waals surface area contributed by atoms with Gasteiger partial charge in [0.1, 0.15) is 46.4 Å². The van der Waals surface area contributed by atoms with E-state index in [2.05, 4.69) is 0 Å². The largest absolute Gasteiger partial charge is 0.508 e. The van der Waals surface area contributed by atoms with Crippen molar-refractivity contribution in [2.24, 2.45) is 0 Å². The number of hydrogen-bond acceptors (Lipinski definition) is 7. The molecule has 1 heterocycles. The summed E-state index contributed by atoms with van der Waals surface area (Å²) < 4.78 is 6.22. The molecule has 6 N–H and O–H groups in total. The highest BCUT2D eigenvalue weighted by molar-refractivity contribution is 5.73. The molecule has 0 bridgehead atoms. The highest BCUT2D eigenvalue weighted by Gasteiger charge is 2.40. The van der Waals surface area contributed by atoms with Crippen LogP contribution in [0.3, 0.4) is 0 Å². The molecule has 0 saturated heterocycles. The molecular weight excluding hydrogens is 448 g/mol. The molecule has 7 nitrogen and oxygen atoms in total. The first-order valence-corrected chi connectivity index (χ1v) is 10.8. The minimum absolute atomic E-state index is 0.0542. The summed E-state index contributed by atoms with van der Waals surface area (Å²) in [6, 6.07) is 18.3. The van der Waals surface area contributed by atoms with Gasteiger partial charge in [0, 0.05) is 23.3 Å². The predicted octanol–water partition coefficient (Wildman–Crippen LogP) is 5.36. The molecule has 0 radical (unpaired) electrons. The van der Waals surface area contributed by atoms with E-state index in [0.29, 0.717) is 28.0 Å². The van der Waals surface area contributed by atoms with Crippen LogP contribution in [0.1, 0.15) is 39.8 Å². The Kier molecular flexibility index (Phi) is 5.37. The molecule has 0 saturated carbocycles. The number of rotatable bonds is 4. The van der Waals surface area contributed by atoms with Crippen LogP contribution in [-0.4, -0.2) is 30.6 Å². The second kappa shape index (κ2) is 8.53. The van der Waals surface area contributed by atoms with Crippen molar-refractivity contribution < 1.29 is 35.4 Å². The molecule has 0 amide bonds. The molecule has 0 spiro atoms. The van der Waals surface area contributed by atoms with Gasteiger partial charge in [-0.25, -0.2) is 0 Å². The number of phenolic OH excluding ortho intramolecular Hbond substituents is 6. The third kappa shape index (κ3) is 4.27. The molecule has 1 aliphatic heterocycles. The highest BCUT2D eigenvalue weighted by Crippen LogP contribution is 2.55. The number of fused-ring (bicyclic) bond motifs is 1. The third-order valence-corrected chi connectivity index (χ3v) is 5.98. The number of aromatic hydroxyl groups is 6. The lowest BCUT2D eigenvalue weighted by Gasteiger charge is -2.21. The normalized spacial score (nSPS) is 16.8. The molecule has 1 aliphatic rings. The standard InChI is InChI=1S/C28H22O7/c29-18-5-3-15(4-6-18)1-2-16-9-24(34)27-25(10-16)35-28(22-8-7-19(30)14-23(22)33)26(27)17-11-20(31)13-21(32)12-17/h1-14,26,28-34H/b2-1+. The van der Waals surface area contributed by atoms with Crippen LogP contribution in [0.4, 0.5) is 0 Å². The first kappa shape index (κ1) is 22.0. The fourth-order valence-corrected chi connectivity index (χ4v) is 4.43. The Morgan fingerprint density at radius 3 is 1.91 bits per heavy atom. The summed E-state index contributed by atoms with van der Waals surface area (Å²) in [5.41, 5.74) is 2.79. The van der Waals surface area contributed by atoms with Gasteiger partial charge in [0.15, 0.2) is 0 Å².